The molecule has 0 unspecified atom stereocenters. The first-order valence-corrected chi connectivity index (χ1v) is 14.1. The number of hydrogen-bond donors (Lipinski definition) is 1. The molecule has 0 atom stereocenters. The molecule has 0 bridgehead atoms. The van der Waals surface area contributed by atoms with Gasteiger partial charge in [-0.25, -0.2) is 4.98 Å². The van der Waals surface area contributed by atoms with Gasteiger partial charge in [-0.3, -0.25) is 4.79 Å². The second-order valence-electron chi connectivity index (χ2n) is 11.0. The number of allylic oxidation sites excluding steroid dienone is 2. The minimum absolute atomic E-state index is 0. The fourth-order valence-corrected chi connectivity index (χ4v) is 6.24. The van der Waals surface area contributed by atoms with Crippen LogP contribution < -0.4 is 4.57 Å². The van der Waals surface area contributed by atoms with Gasteiger partial charge in [-0.2, -0.15) is 0 Å². The number of carbonyl (C=O) groups is 1. The number of furan rings is 1. The molecule has 1 aliphatic rings. The van der Waals surface area contributed by atoms with Crippen LogP contribution in [-0.2, 0) is 24.9 Å². The molecule has 3 aromatic heterocycles. The van der Waals surface area contributed by atoms with Crippen LogP contribution in [0, 0.1) is 20.0 Å². The zero-order valence-electron chi connectivity index (χ0n) is 24.0. The number of nitrogens with zero attached hydrogens (tertiary/aromatic N) is 2. The second-order valence-corrected chi connectivity index (χ2v) is 11.0. The number of pyridine rings is 2. The summed E-state index contributed by atoms with van der Waals surface area (Å²) in [6.45, 7) is 4.94. The van der Waals surface area contributed by atoms with Crippen LogP contribution in [0.5, 0.6) is 0 Å². The molecule has 0 spiro atoms. The third-order valence-electron chi connectivity index (χ3n) is 7.95. The maximum Gasteiger partial charge on any atom is 0.216 e. The predicted molar refractivity (Wildman–Crippen MR) is 165 cm³/mol. The van der Waals surface area contributed by atoms with E-state index in [9.17, 15) is 4.79 Å². The molecule has 7 rings (SSSR count). The van der Waals surface area contributed by atoms with Crippen LogP contribution >= 0.6 is 0 Å². The average molecular weight is 734 g/mol. The second kappa shape index (κ2) is 12.1. The first-order chi connectivity index (χ1) is 19.8. The van der Waals surface area contributed by atoms with Crippen LogP contribution in [0.4, 0.5) is 0 Å². The molecule has 1 N–H and O–H groups in total. The van der Waals surface area contributed by atoms with Gasteiger partial charge in [-0.15, -0.1) is 17.7 Å². The summed E-state index contributed by atoms with van der Waals surface area (Å²) < 4.78 is 8.39. The van der Waals surface area contributed by atoms with Gasteiger partial charge < -0.3 is 14.1 Å². The zero-order valence-corrected chi connectivity index (χ0v) is 26.4. The van der Waals surface area contributed by atoms with Crippen LogP contribution in [0.3, 0.4) is 0 Å². The summed E-state index contributed by atoms with van der Waals surface area (Å²) in [4.78, 5) is 14.5. The van der Waals surface area contributed by atoms with Crippen molar-refractivity contribution in [2.45, 2.75) is 52.4 Å². The molecule has 42 heavy (non-hydrogen) atoms. The molecule has 0 aliphatic heterocycles. The predicted octanol–water partition coefficient (Wildman–Crippen LogP) is 8.68. The van der Waals surface area contributed by atoms with Gasteiger partial charge in [0.05, 0.1) is 11.3 Å². The summed E-state index contributed by atoms with van der Waals surface area (Å²) in [7, 11) is 4.53. The number of carbonyl (C=O) groups excluding carboxylic acids is 1. The van der Waals surface area contributed by atoms with Gasteiger partial charge >= 0.3 is 0 Å². The molecule has 3 aromatic carbocycles. The summed E-state index contributed by atoms with van der Waals surface area (Å²) in [6.07, 6.45) is 8.01. The Labute approximate surface area is 259 Å². The molecule has 5 nitrogen and oxygen atoms in total. The summed E-state index contributed by atoms with van der Waals surface area (Å²) in [5.41, 5.74) is 7.14. The third kappa shape index (κ3) is 5.45. The number of aromatic nitrogens is 2. The molecular formula is C36H33IrN2O3-. The van der Waals surface area contributed by atoms with Crippen molar-refractivity contribution in [3.8, 4) is 11.3 Å². The minimum atomic E-state index is -0.125. The van der Waals surface area contributed by atoms with Crippen molar-refractivity contribution in [3.63, 3.8) is 0 Å². The van der Waals surface area contributed by atoms with E-state index in [4.69, 9.17) is 9.52 Å². The molecule has 3 heterocycles. The van der Waals surface area contributed by atoms with Gasteiger partial charge in [0.2, 0.25) is 5.71 Å². The van der Waals surface area contributed by atoms with Gasteiger partial charge in [0, 0.05) is 50.2 Å². The van der Waals surface area contributed by atoms with Gasteiger partial charge in [-0.05, 0) is 78.8 Å². The maximum atomic E-state index is 10.0. The molecule has 1 saturated carbocycles. The standard InChI is InChI=1S/C31H25N2O.C5H8O2.Ir/c1-19-16-25-23-12-7-15-32-31(23)34-30(25)26(17-19)28-18-24(20-8-3-4-9-20)29-22-11-6-5-10-21(22)13-14-27(29)33(28)2;1-4(6)3-5(2)7;/h5-7,10-16,18,20H,2-4,8-9H2,1H3;3,6H,1-2H3;/q-1;;/b;4-3-;. The number of aliphatic hydroxyl groups is 1. The maximum absolute atomic E-state index is 10.0. The number of fused-ring (bicyclic) bond motifs is 6. The summed E-state index contributed by atoms with van der Waals surface area (Å²) in [5.74, 6) is 0.499. The Hall–Kier alpha value is -3.99. The SMILES string of the molecule is CC(=O)/C=C(/C)O.[CH2-][n+]1c(-c2[c-]c(C)cc3c2oc2ncccc23)cc(C2CCCC2)c2c3ccccc3ccc21.[Ir]. The largest absolute Gasteiger partial charge is 0.512 e. The topological polar surface area (TPSA) is 67.2 Å². The molecule has 0 saturated heterocycles. The van der Waals surface area contributed by atoms with Crippen molar-refractivity contribution < 1.29 is 39.0 Å². The summed E-state index contributed by atoms with van der Waals surface area (Å²) in [5, 5.41) is 14.4. The molecule has 6 heteroatoms. The monoisotopic (exact) mass is 734 g/mol. The zero-order chi connectivity index (χ0) is 28.7. The number of hydrogen-bond acceptors (Lipinski definition) is 4. The first-order valence-electron chi connectivity index (χ1n) is 14.1. The molecule has 6 aromatic rings. The van der Waals surface area contributed by atoms with Crippen molar-refractivity contribution in [1.29, 1.82) is 0 Å². The Morgan fingerprint density at radius 3 is 2.50 bits per heavy atom. The Morgan fingerprint density at radius 1 is 1.05 bits per heavy atom. The van der Waals surface area contributed by atoms with Gasteiger partial charge in [0.1, 0.15) is 11.2 Å². The van der Waals surface area contributed by atoms with Crippen LogP contribution in [0.1, 0.15) is 56.6 Å². The Balaban J connectivity index is 0.000000396. The number of rotatable bonds is 3. The van der Waals surface area contributed by atoms with Crippen LogP contribution in [0.2, 0.25) is 0 Å². The van der Waals surface area contributed by atoms with Gasteiger partial charge in [0.15, 0.2) is 5.78 Å². The van der Waals surface area contributed by atoms with Crippen LogP contribution in [0.25, 0.3) is 55.0 Å². The van der Waals surface area contributed by atoms with E-state index in [1.165, 1.54) is 67.3 Å². The van der Waals surface area contributed by atoms with E-state index in [0.717, 1.165) is 38.7 Å². The molecule has 0 amide bonds. The molecule has 1 fully saturated rings. The quantitative estimate of drug-likeness (QED) is 0.0650. The van der Waals surface area contributed by atoms with Crippen molar-refractivity contribution in [1.82, 2.24) is 4.98 Å². The number of aliphatic hydroxyl groups excluding tert-OH is 1. The van der Waals surface area contributed by atoms with E-state index < -0.39 is 0 Å². The van der Waals surface area contributed by atoms with Crippen molar-refractivity contribution >= 4 is 49.5 Å². The normalized spacial score (nSPS) is 13.8. The molecular weight excluding hydrogens is 701 g/mol. The molecule has 1 aliphatic carbocycles. The number of benzene rings is 3. The molecule has 1 radical (unpaired) electrons. The number of aryl methyl sites for hydroxylation is 1. The molecule has 215 valence electrons. The van der Waals surface area contributed by atoms with E-state index in [1.807, 2.05) is 6.07 Å². The number of ketones is 1. The Morgan fingerprint density at radius 2 is 1.79 bits per heavy atom. The van der Waals surface area contributed by atoms with Crippen molar-refractivity contribution in [2.24, 2.45) is 0 Å². The van der Waals surface area contributed by atoms with Gasteiger partial charge in [-0.1, -0.05) is 55.5 Å². The van der Waals surface area contributed by atoms with Crippen molar-refractivity contribution in [2.75, 3.05) is 0 Å². The Kier molecular flexibility index (Phi) is 8.49. The summed E-state index contributed by atoms with van der Waals surface area (Å²) >= 11 is 0. The van der Waals surface area contributed by atoms with Crippen LogP contribution in [0.15, 0.2) is 83.1 Å². The minimum Gasteiger partial charge on any atom is -0.512 e. The fourth-order valence-electron chi connectivity index (χ4n) is 6.24. The van der Waals surface area contributed by atoms with E-state index in [0.29, 0.717) is 11.6 Å². The first kappa shape index (κ1) is 29.5. The van der Waals surface area contributed by atoms with E-state index in [-0.39, 0.29) is 31.6 Å². The van der Waals surface area contributed by atoms with Crippen molar-refractivity contribution in [3.05, 3.63) is 103 Å². The van der Waals surface area contributed by atoms with E-state index >= 15 is 0 Å². The third-order valence-corrected chi connectivity index (χ3v) is 7.95. The Bertz CT molecular complexity index is 1980. The fraction of sp³-hybridized carbons (Fsp3) is 0.222. The summed E-state index contributed by atoms with van der Waals surface area (Å²) in [6, 6.07) is 25.3. The average Bonchev–Trinajstić information content (AvgIpc) is 3.61. The van der Waals surface area contributed by atoms with Gasteiger partial charge in [0.25, 0.3) is 0 Å². The smallest absolute Gasteiger partial charge is 0.216 e. The van der Waals surface area contributed by atoms with Crippen LogP contribution in [-0.4, -0.2) is 15.9 Å². The van der Waals surface area contributed by atoms with E-state index in [1.54, 1.807) is 6.20 Å². The van der Waals surface area contributed by atoms with E-state index in [2.05, 4.69) is 84.2 Å².